The molecule has 1 aromatic heterocycles. The van der Waals surface area contributed by atoms with E-state index in [1.807, 2.05) is 6.07 Å². The lowest BCUT2D eigenvalue weighted by molar-refractivity contribution is 0.0949. The third kappa shape index (κ3) is 4.43. The molecule has 1 saturated carbocycles. The van der Waals surface area contributed by atoms with Crippen molar-refractivity contribution in [1.82, 2.24) is 10.3 Å². The number of rotatable bonds is 5. The molecule has 2 amide bonds. The van der Waals surface area contributed by atoms with Crippen LogP contribution in [0.25, 0.3) is 0 Å². The van der Waals surface area contributed by atoms with Crippen LogP contribution in [-0.2, 0) is 4.74 Å². The van der Waals surface area contributed by atoms with Crippen LogP contribution in [0.1, 0.15) is 33.6 Å². The predicted octanol–water partition coefficient (Wildman–Crippen LogP) is 2.06. The Balaban J connectivity index is 1.40. The molecule has 2 N–H and O–H groups in total. The number of anilines is 2. The monoisotopic (exact) mass is 366 g/mol. The zero-order valence-electron chi connectivity index (χ0n) is 15.0. The minimum Gasteiger partial charge on any atom is -0.378 e. The third-order valence-corrected chi connectivity index (χ3v) is 4.64. The van der Waals surface area contributed by atoms with Crippen molar-refractivity contribution in [3.8, 4) is 0 Å². The van der Waals surface area contributed by atoms with Crippen LogP contribution >= 0.6 is 0 Å². The van der Waals surface area contributed by atoms with Gasteiger partial charge in [-0.15, -0.1) is 0 Å². The topological polar surface area (TPSA) is 83.6 Å². The maximum absolute atomic E-state index is 12.5. The van der Waals surface area contributed by atoms with E-state index in [2.05, 4.69) is 20.5 Å². The lowest BCUT2D eigenvalue weighted by atomic mass is 10.1. The number of nitrogens with zero attached hydrogens (tertiary/aromatic N) is 2. The minimum atomic E-state index is -0.254. The normalized spacial score (nSPS) is 16.7. The third-order valence-electron chi connectivity index (χ3n) is 4.64. The van der Waals surface area contributed by atoms with Gasteiger partial charge in [0.15, 0.2) is 0 Å². The zero-order chi connectivity index (χ0) is 18.6. The Hall–Kier alpha value is -2.93. The molecule has 1 aromatic carbocycles. The zero-order valence-corrected chi connectivity index (χ0v) is 15.0. The average molecular weight is 366 g/mol. The number of ether oxygens (including phenoxy) is 1. The van der Waals surface area contributed by atoms with Gasteiger partial charge in [0.25, 0.3) is 11.8 Å². The molecule has 0 unspecified atom stereocenters. The quantitative estimate of drug-likeness (QED) is 0.846. The fourth-order valence-corrected chi connectivity index (χ4v) is 2.94. The molecule has 1 aliphatic carbocycles. The SMILES string of the molecule is O=C(Nc1cccc(C(=O)NC2CC2)c1)c1ccc(N2CCOCC2)nc1. The molecule has 27 heavy (non-hydrogen) atoms. The Bertz CT molecular complexity index is 827. The van der Waals surface area contributed by atoms with E-state index in [1.54, 1.807) is 36.5 Å². The Morgan fingerprint density at radius 1 is 1.04 bits per heavy atom. The summed E-state index contributed by atoms with van der Waals surface area (Å²) in [5.41, 5.74) is 1.60. The van der Waals surface area contributed by atoms with Crippen LogP contribution in [0.4, 0.5) is 11.5 Å². The number of hydrogen-bond acceptors (Lipinski definition) is 5. The molecule has 140 valence electrons. The van der Waals surface area contributed by atoms with Gasteiger partial charge in [0.05, 0.1) is 18.8 Å². The van der Waals surface area contributed by atoms with E-state index in [0.717, 1.165) is 31.7 Å². The van der Waals surface area contributed by atoms with Crippen LogP contribution in [-0.4, -0.2) is 49.1 Å². The molecule has 2 aromatic rings. The second-order valence-corrected chi connectivity index (χ2v) is 6.79. The molecule has 2 aliphatic rings. The molecule has 7 nitrogen and oxygen atoms in total. The average Bonchev–Trinajstić information content (AvgIpc) is 3.53. The van der Waals surface area contributed by atoms with Gasteiger partial charge in [0.1, 0.15) is 5.82 Å². The molecule has 2 fully saturated rings. The lowest BCUT2D eigenvalue weighted by Crippen LogP contribution is -2.36. The van der Waals surface area contributed by atoms with Gasteiger partial charge in [-0.05, 0) is 43.2 Å². The molecule has 0 radical (unpaired) electrons. The van der Waals surface area contributed by atoms with Crippen molar-refractivity contribution in [2.45, 2.75) is 18.9 Å². The van der Waals surface area contributed by atoms with Crippen molar-refractivity contribution >= 4 is 23.3 Å². The summed E-state index contributed by atoms with van der Waals surface area (Å²) in [6.07, 6.45) is 3.65. The van der Waals surface area contributed by atoms with Gasteiger partial charge in [-0.25, -0.2) is 4.98 Å². The van der Waals surface area contributed by atoms with Crippen molar-refractivity contribution < 1.29 is 14.3 Å². The second kappa shape index (κ2) is 7.75. The molecule has 1 aliphatic heterocycles. The molecule has 2 heterocycles. The van der Waals surface area contributed by atoms with Gasteiger partial charge in [-0.2, -0.15) is 0 Å². The van der Waals surface area contributed by atoms with Gasteiger partial charge in [-0.3, -0.25) is 9.59 Å². The lowest BCUT2D eigenvalue weighted by Gasteiger charge is -2.27. The first-order chi connectivity index (χ1) is 13.2. The van der Waals surface area contributed by atoms with E-state index in [0.29, 0.717) is 36.1 Å². The van der Waals surface area contributed by atoms with Gasteiger partial charge in [-0.1, -0.05) is 6.07 Å². The van der Waals surface area contributed by atoms with E-state index in [9.17, 15) is 9.59 Å². The fourth-order valence-electron chi connectivity index (χ4n) is 2.94. The summed E-state index contributed by atoms with van der Waals surface area (Å²) in [7, 11) is 0. The van der Waals surface area contributed by atoms with E-state index in [1.165, 1.54) is 0 Å². The van der Waals surface area contributed by atoms with Gasteiger partial charge < -0.3 is 20.3 Å². The van der Waals surface area contributed by atoms with Gasteiger partial charge in [0.2, 0.25) is 0 Å². The summed E-state index contributed by atoms with van der Waals surface area (Å²) >= 11 is 0. The number of benzene rings is 1. The van der Waals surface area contributed by atoms with Crippen LogP contribution in [0, 0.1) is 0 Å². The predicted molar refractivity (Wildman–Crippen MR) is 102 cm³/mol. The number of carbonyl (C=O) groups is 2. The maximum Gasteiger partial charge on any atom is 0.257 e. The van der Waals surface area contributed by atoms with Crippen molar-refractivity contribution in [3.05, 3.63) is 53.7 Å². The molecule has 0 atom stereocenters. The molecule has 0 bridgehead atoms. The van der Waals surface area contributed by atoms with Crippen LogP contribution in [0.3, 0.4) is 0 Å². The summed E-state index contributed by atoms with van der Waals surface area (Å²) in [6, 6.07) is 10.9. The van der Waals surface area contributed by atoms with E-state index in [4.69, 9.17) is 4.74 Å². The van der Waals surface area contributed by atoms with Gasteiger partial charge >= 0.3 is 0 Å². The first-order valence-corrected chi connectivity index (χ1v) is 9.20. The number of hydrogen-bond donors (Lipinski definition) is 2. The van der Waals surface area contributed by atoms with Gasteiger partial charge in [0, 0.05) is 36.6 Å². The van der Waals surface area contributed by atoms with Crippen molar-refractivity contribution in [2.75, 3.05) is 36.5 Å². The second-order valence-electron chi connectivity index (χ2n) is 6.79. The number of carbonyl (C=O) groups excluding carboxylic acids is 2. The molecule has 4 rings (SSSR count). The largest absolute Gasteiger partial charge is 0.378 e. The Morgan fingerprint density at radius 2 is 1.85 bits per heavy atom. The highest BCUT2D eigenvalue weighted by Crippen LogP contribution is 2.20. The standard InChI is InChI=1S/C20H22N4O3/c25-19(22-16-5-6-16)14-2-1-3-17(12-14)23-20(26)15-4-7-18(21-13-15)24-8-10-27-11-9-24/h1-4,7,12-13,16H,5-6,8-11H2,(H,22,25)(H,23,26). The minimum absolute atomic E-state index is 0.106. The summed E-state index contributed by atoms with van der Waals surface area (Å²) in [5, 5.41) is 5.77. The Morgan fingerprint density at radius 3 is 2.56 bits per heavy atom. The van der Waals surface area contributed by atoms with Crippen molar-refractivity contribution in [1.29, 1.82) is 0 Å². The number of amides is 2. The van der Waals surface area contributed by atoms with Crippen LogP contribution in [0.15, 0.2) is 42.6 Å². The highest BCUT2D eigenvalue weighted by molar-refractivity contribution is 6.05. The summed E-state index contributed by atoms with van der Waals surface area (Å²) in [4.78, 5) is 31.2. The molecule has 0 spiro atoms. The van der Waals surface area contributed by atoms with E-state index >= 15 is 0 Å². The first kappa shape index (κ1) is 17.5. The van der Waals surface area contributed by atoms with E-state index in [-0.39, 0.29) is 11.8 Å². The fraction of sp³-hybridized carbons (Fsp3) is 0.350. The summed E-state index contributed by atoms with van der Waals surface area (Å²) in [5.74, 6) is 0.481. The smallest absolute Gasteiger partial charge is 0.257 e. The number of morpholine rings is 1. The maximum atomic E-state index is 12.5. The first-order valence-electron chi connectivity index (χ1n) is 9.20. The molecular weight excluding hydrogens is 344 g/mol. The molecule has 1 saturated heterocycles. The number of pyridine rings is 1. The number of aromatic nitrogens is 1. The number of nitrogens with one attached hydrogen (secondary N) is 2. The highest BCUT2D eigenvalue weighted by Gasteiger charge is 2.23. The van der Waals surface area contributed by atoms with E-state index < -0.39 is 0 Å². The van der Waals surface area contributed by atoms with Crippen LogP contribution in [0.2, 0.25) is 0 Å². The molecular formula is C20H22N4O3. The highest BCUT2D eigenvalue weighted by atomic mass is 16.5. The van der Waals surface area contributed by atoms with Crippen molar-refractivity contribution in [3.63, 3.8) is 0 Å². The van der Waals surface area contributed by atoms with Crippen LogP contribution in [0.5, 0.6) is 0 Å². The summed E-state index contributed by atoms with van der Waals surface area (Å²) < 4.78 is 5.34. The Kier molecular flexibility index (Phi) is 5.02. The summed E-state index contributed by atoms with van der Waals surface area (Å²) in [6.45, 7) is 2.98. The Labute approximate surface area is 157 Å². The van der Waals surface area contributed by atoms with Crippen LogP contribution < -0.4 is 15.5 Å². The molecule has 7 heteroatoms. The van der Waals surface area contributed by atoms with Crippen molar-refractivity contribution in [2.24, 2.45) is 0 Å².